The molecular formula is C26H52N2O4. The Bertz CT molecular complexity index is 455. The molecule has 0 radical (unpaired) electrons. The Balaban J connectivity index is 3.29. The molecule has 0 spiro atoms. The van der Waals surface area contributed by atoms with Crippen molar-refractivity contribution in [2.45, 2.75) is 110 Å². The third-order valence-corrected chi connectivity index (χ3v) is 5.97. The quantitative estimate of drug-likeness (QED) is 0.174. The number of ether oxygens (including phenoxy) is 1. The standard InChI is InChI=1S/C26H52N2O4/c1-4-5-6-7-8-9-10-11-12-13-14-15-16-17-18-19-25(29)27-20-22-32-23-21-28(2,3)24-26(30)31/h4-24H2,1-3H3,(H-,27,29,30,31). The average Bonchev–Trinajstić information content (AvgIpc) is 2.72. The minimum absolute atomic E-state index is 0.0284. The smallest absolute Gasteiger partial charge is 0.220 e. The van der Waals surface area contributed by atoms with Gasteiger partial charge in [0.1, 0.15) is 13.1 Å². The van der Waals surface area contributed by atoms with Gasteiger partial charge in [0.15, 0.2) is 0 Å². The molecule has 0 aromatic heterocycles. The lowest BCUT2D eigenvalue weighted by Gasteiger charge is -2.29. The maximum absolute atomic E-state index is 11.8. The van der Waals surface area contributed by atoms with Crippen LogP contribution in [0.1, 0.15) is 110 Å². The van der Waals surface area contributed by atoms with Crippen LogP contribution in [-0.2, 0) is 14.3 Å². The number of hydrogen-bond donors (Lipinski definition) is 1. The summed E-state index contributed by atoms with van der Waals surface area (Å²) in [6.45, 7) is 4.27. The number of likely N-dealkylation sites (N-methyl/N-ethyl adjacent to an activating group) is 1. The second-order valence-electron chi connectivity index (χ2n) is 9.85. The van der Waals surface area contributed by atoms with Gasteiger partial charge in [-0.15, -0.1) is 0 Å². The number of rotatable bonds is 24. The number of quaternary nitrogens is 1. The molecule has 0 saturated heterocycles. The molecule has 0 bridgehead atoms. The number of carbonyl (C=O) groups excluding carboxylic acids is 2. The van der Waals surface area contributed by atoms with Crippen LogP contribution < -0.4 is 10.4 Å². The van der Waals surface area contributed by atoms with Crippen molar-refractivity contribution in [1.82, 2.24) is 5.32 Å². The molecule has 0 aliphatic rings. The number of amides is 1. The van der Waals surface area contributed by atoms with E-state index in [0.29, 0.717) is 37.2 Å². The first-order valence-corrected chi connectivity index (χ1v) is 13.2. The lowest BCUT2D eigenvalue weighted by atomic mass is 10.0. The van der Waals surface area contributed by atoms with E-state index in [-0.39, 0.29) is 12.5 Å². The molecule has 6 heteroatoms. The second kappa shape index (κ2) is 21.7. The van der Waals surface area contributed by atoms with Crippen LogP contribution in [0.3, 0.4) is 0 Å². The van der Waals surface area contributed by atoms with Gasteiger partial charge >= 0.3 is 0 Å². The van der Waals surface area contributed by atoms with Crippen molar-refractivity contribution >= 4 is 11.9 Å². The highest BCUT2D eigenvalue weighted by Crippen LogP contribution is 2.13. The lowest BCUT2D eigenvalue weighted by molar-refractivity contribution is -0.885. The van der Waals surface area contributed by atoms with Crippen LogP contribution in [0.25, 0.3) is 0 Å². The number of hydrogen-bond acceptors (Lipinski definition) is 4. The molecular weight excluding hydrogens is 404 g/mol. The third-order valence-electron chi connectivity index (χ3n) is 5.97. The largest absolute Gasteiger partial charge is 0.544 e. The van der Waals surface area contributed by atoms with E-state index in [0.717, 1.165) is 12.8 Å². The lowest BCUT2D eigenvalue weighted by Crippen LogP contribution is -2.49. The predicted molar refractivity (Wildman–Crippen MR) is 130 cm³/mol. The molecule has 0 unspecified atom stereocenters. The summed E-state index contributed by atoms with van der Waals surface area (Å²) in [4.78, 5) is 22.5. The molecule has 1 N–H and O–H groups in total. The van der Waals surface area contributed by atoms with Gasteiger partial charge < -0.3 is 24.4 Å². The average molecular weight is 457 g/mol. The van der Waals surface area contributed by atoms with Gasteiger partial charge in [-0.2, -0.15) is 0 Å². The van der Waals surface area contributed by atoms with E-state index < -0.39 is 5.97 Å². The molecule has 0 fully saturated rings. The summed E-state index contributed by atoms with van der Waals surface area (Å²) in [6.07, 6.45) is 20.5. The number of unbranched alkanes of at least 4 members (excludes halogenated alkanes) is 14. The topological polar surface area (TPSA) is 78.5 Å². The van der Waals surface area contributed by atoms with Gasteiger partial charge in [0.05, 0.1) is 33.3 Å². The highest BCUT2D eigenvalue weighted by Gasteiger charge is 2.14. The highest BCUT2D eigenvalue weighted by molar-refractivity contribution is 5.75. The Morgan fingerprint density at radius 1 is 0.750 bits per heavy atom. The fraction of sp³-hybridized carbons (Fsp3) is 0.923. The molecule has 0 aliphatic carbocycles. The summed E-state index contributed by atoms with van der Waals surface area (Å²) in [5, 5.41) is 13.5. The van der Waals surface area contributed by atoms with E-state index in [9.17, 15) is 14.7 Å². The summed E-state index contributed by atoms with van der Waals surface area (Å²) in [5.74, 6) is -0.961. The van der Waals surface area contributed by atoms with Crippen molar-refractivity contribution < 1.29 is 23.9 Å². The first-order chi connectivity index (χ1) is 15.4. The van der Waals surface area contributed by atoms with Crippen molar-refractivity contribution in [3.63, 3.8) is 0 Å². The molecule has 0 aromatic rings. The number of aliphatic carboxylic acids is 1. The zero-order valence-electron chi connectivity index (χ0n) is 21.4. The van der Waals surface area contributed by atoms with Crippen molar-refractivity contribution in [1.29, 1.82) is 0 Å². The molecule has 1 amide bonds. The van der Waals surface area contributed by atoms with E-state index in [1.165, 1.54) is 83.5 Å². The van der Waals surface area contributed by atoms with Gasteiger partial charge in [-0.1, -0.05) is 96.8 Å². The van der Waals surface area contributed by atoms with Gasteiger partial charge in [-0.25, -0.2) is 0 Å². The van der Waals surface area contributed by atoms with Crippen LogP contribution >= 0.6 is 0 Å². The van der Waals surface area contributed by atoms with Crippen molar-refractivity contribution in [3.8, 4) is 0 Å². The fourth-order valence-electron chi connectivity index (χ4n) is 3.85. The van der Waals surface area contributed by atoms with Crippen LogP contribution in [0.2, 0.25) is 0 Å². The molecule has 190 valence electrons. The summed E-state index contributed by atoms with van der Waals surface area (Å²) in [5.41, 5.74) is 0. The summed E-state index contributed by atoms with van der Waals surface area (Å²) >= 11 is 0. The van der Waals surface area contributed by atoms with Crippen molar-refractivity contribution in [2.24, 2.45) is 0 Å². The van der Waals surface area contributed by atoms with Crippen LogP contribution in [0.15, 0.2) is 0 Å². The fourth-order valence-corrected chi connectivity index (χ4v) is 3.85. The van der Waals surface area contributed by atoms with Crippen LogP contribution in [0.5, 0.6) is 0 Å². The van der Waals surface area contributed by atoms with E-state index in [1.54, 1.807) is 0 Å². The van der Waals surface area contributed by atoms with E-state index in [2.05, 4.69) is 12.2 Å². The highest BCUT2D eigenvalue weighted by atomic mass is 16.5. The Labute approximate surface area is 198 Å². The Hall–Kier alpha value is -1.14. The first-order valence-electron chi connectivity index (χ1n) is 13.2. The number of carboxylic acid groups (broad SMARTS) is 1. The third kappa shape index (κ3) is 23.5. The molecule has 6 nitrogen and oxygen atoms in total. The van der Waals surface area contributed by atoms with E-state index in [4.69, 9.17) is 4.74 Å². The number of nitrogens with one attached hydrogen (secondary N) is 1. The Morgan fingerprint density at radius 3 is 1.69 bits per heavy atom. The molecule has 0 aliphatic heterocycles. The summed E-state index contributed by atoms with van der Waals surface area (Å²) < 4.78 is 5.82. The minimum Gasteiger partial charge on any atom is -0.544 e. The number of carboxylic acids is 1. The molecule has 0 rings (SSSR count). The van der Waals surface area contributed by atoms with Gasteiger partial charge in [-0.3, -0.25) is 4.79 Å². The van der Waals surface area contributed by atoms with Gasteiger partial charge in [0.25, 0.3) is 0 Å². The molecule has 0 atom stereocenters. The predicted octanol–water partition coefficient (Wildman–Crippen LogP) is 4.21. The maximum atomic E-state index is 11.8. The van der Waals surface area contributed by atoms with Crippen LogP contribution in [0, 0.1) is 0 Å². The number of carbonyl (C=O) groups is 2. The van der Waals surface area contributed by atoms with Gasteiger partial charge in [0.2, 0.25) is 5.91 Å². The molecule has 0 aromatic carbocycles. The normalized spacial score (nSPS) is 11.6. The zero-order valence-corrected chi connectivity index (χ0v) is 21.4. The summed E-state index contributed by atoms with van der Waals surface area (Å²) in [7, 11) is 3.66. The molecule has 32 heavy (non-hydrogen) atoms. The molecule has 0 saturated carbocycles. The Morgan fingerprint density at radius 2 is 1.22 bits per heavy atom. The van der Waals surface area contributed by atoms with Crippen molar-refractivity contribution in [2.75, 3.05) is 46.9 Å². The maximum Gasteiger partial charge on any atom is 0.220 e. The van der Waals surface area contributed by atoms with E-state index >= 15 is 0 Å². The van der Waals surface area contributed by atoms with Gasteiger partial charge in [0, 0.05) is 13.0 Å². The van der Waals surface area contributed by atoms with Crippen molar-refractivity contribution in [3.05, 3.63) is 0 Å². The number of nitrogens with zero attached hydrogens (tertiary/aromatic N) is 1. The van der Waals surface area contributed by atoms with E-state index in [1.807, 2.05) is 14.1 Å². The van der Waals surface area contributed by atoms with Crippen LogP contribution in [-0.4, -0.2) is 63.3 Å². The summed E-state index contributed by atoms with van der Waals surface area (Å²) in [6, 6.07) is 0. The SMILES string of the molecule is CCCCCCCCCCCCCCCCCC(=O)NCCOCC[N+](C)(C)CC(=O)[O-]. The van der Waals surface area contributed by atoms with Gasteiger partial charge in [-0.05, 0) is 6.42 Å². The monoisotopic (exact) mass is 456 g/mol. The minimum atomic E-state index is -1.05. The zero-order chi connectivity index (χ0) is 23.9. The second-order valence-corrected chi connectivity index (χ2v) is 9.85. The van der Waals surface area contributed by atoms with Crippen LogP contribution in [0.4, 0.5) is 0 Å². The Kier molecular flexibility index (Phi) is 20.9. The molecule has 0 heterocycles. The first kappa shape index (κ1) is 30.9.